The number of hydrogen-bond acceptors (Lipinski definition) is 0. The minimum absolute atomic E-state index is 0.0465. The molecular weight excluding hydrogens is 222 g/mol. The molecule has 15 heavy (non-hydrogen) atoms. The fourth-order valence-electron chi connectivity index (χ4n) is 3.61. The summed E-state index contributed by atoms with van der Waals surface area (Å²) in [6.07, 6.45) is -10.2. The Morgan fingerprint density at radius 1 is 0.867 bits per heavy atom. The molecule has 0 radical (unpaired) electrons. The van der Waals surface area contributed by atoms with Crippen LogP contribution in [0.25, 0.3) is 0 Å². The average molecular weight is 232 g/mol. The molecule has 1 unspecified atom stereocenters. The molecule has 3 saturated carbocycles. The van der Waals surface area contributed by atoms with E-state index in [0.717, 1.165) is 0 Å². The molecule has 0 aliphatic heterocycles. The number of fused-ring (bicyclic) bond motifs is 1. The third-order valence-electron chi connectivity index (χ3n) is 4.17. The molecule has 3 aliphatic rings. The summed E-state index contributed by atoms with van der Waals surface area (Å²) in [5.41, 5.74) is -3.40. The maximum absolute atomic E-state index is 12.6. The smallest absolute Gasteiger partial charge is 0.170 e. The van der Waals surface area contributed by atoms with Gasteiger partial charge >= 0.3 is 12.4 Å². The summed E-state index contributed by atoms with van der Waals surface area (Å²) in [5, 5.41) is 0. The second kappa shape index (κ2) is 2.63. The first-order chi connectivity index (χ1) is 6.64. The summed E-state index contributed by atoms with van der Waals surface area (Å²) in [7, 11) is 0. The van der Waals surface area contributed by atoms with Crippen LogP contribution in [-0.4, -0.2) is 12.4 Å². The largest absolute Gasteiger partial charge is 0.403 e. The molecule has 3 rings (SSSR count). The molecule has 0 aromatic carbocycles. The minimum Gasteiger partial charge on any atom is -0.170 e. The van der Waals surface area contributed by atoms with Crippen molar-refractivity contribution < 1.29 is 26.3 Å². The Morgan fingerprint density at radius 2 is 1.20 bits per heavy atom. The summed E-state index contributed by atoms with van der Waals surface area (Å²) in [6, 6.07) is 0. The van der Waals surface area contributed by atoms with E-state index in [4.69, 9.17) is 0 Å². The van der Waals surface area contributed by atoms with E-state index in [9.17, 15) is 26.3 Å². The van der Waals surface area contributed by atoms with E-state index < -0.39 is 35.5 Å². The number of halogens is 6. The van der Waals surface area contributed by atoms with Crippen molar-refractivity contribution in [2.75, 3.05) is 0 Å². The minimum atomic E-state index is -5.16. The fraction of sp³-hybridized carbons (Fsp3) is 1.00. The molecule has 3 aliphatic carbocycles. The highest BCUT2D eigenvalue weighted by molar-refractivity contribution is 5.17. The highest BCUT2D eigenvalue weighted by Gasteiger charge is 2.85. The molecular formula is C9H10F6. The first-order valence-corrected chi connectivity index (χ1v) is 4.77. The zero-order chi connectivity index (χ0) is 11.6. The third-order valence-corrected chi connectivity index (χ3v) is 4.17. The van der Waals surface area contributed by atoms with E-state index in [1.807, 2.05) is 0 Å². The van der Waals surface area contributed by atoms with E-state index in [0.29, 0.717) is 0 Å². The van der Waals surface area contributed by atoms with Gasteiger partial charge in [-0.1, -0.05) is 6.92 Å². The number of alkyl halides is 6. The van der Waals surface area contributed by atoms with Crippen molar-refractivity contribution in [3.63, 3.8) is 0 Å². The van der Waals surface area contributed by atoms with Crippen molar-refractivity contribution in [3.8, 4) is 0 Å². The van der Waals surface area contributed by atoms with Crippen LogP contribution in [0.15, 0.2) is 0 Å². The number of hydrogen-bond donors (Lipinski definition) is 0. The van der Waals surface area contributed by atoms with Gasteiger partial charge in [0.1, 0.15) is 0 Å². The van der Waals surface area contributed by atoms with Gasteiger partial charge in [0.2, 0.25) is 0 Å². The lowest BCUT2D eigenvalue weighted by molar-refractivity contribution is -0.406. The van der Waals surface area contributed by atoms with Crippen molar-refractivity contribution >= 4 is 0 Å². The van der Waals surface area contributed by atoms with Crippen LogP contribution in [0.2, 0.25) is 0 Å². The Bertz CT molecular complexity index is 247. The Balaban J connectivity index is 2.46. The SMILES string of the molecule is CC1[C@H]2CC[C@@H]1C2(C(F)(F)F)C(F)(F)F. The van der Waals surface area contributed by atoms with E-state index >= 15 is 0 Å². The Hall–Kier alpha value is -0.420. The lowest BCUT2D eigenvalue weighted by Gasteiger charge is -2.55. The van der Waals surface area contributed by atoms with Crippen LogP contribution in [0, 0.1) is 23.2 Å². The topological polar surface area (TPSA) is 0 Å². The monoisotopic (exact) mass is 232 g/mol. The highest BCUT2D eigenvalue weighted by Crippen LogP contribution is 2.76. The summed E-state index contributed by atoms with van der Waals surface area (Å²) in [5.74, 6) is -2.97. The standard InChI is InChI=1S/C9H10F6/c1-4-5-2-3-6(4)7(5,8(10,11)12)9(13,14)15/h4-6H,2-3H2,1H3/t4?,5-,6+. The summed E-state index contributed by atoms with van der Waals surface area (Å²) >= 11 is 0. The molecule has 0 N–H and O–H groups in total. The van der Waals surface area contributed by atoms with Crippen LogP contribution in [0.4, 0.5) is 26.3 Å². The van der Waals surface area contributed by atoms with Crippen LogP contribution in [-0.2, 0) is 0 Å². The predicted octanol–water partition coefficient (Wildman–Crippen LogP) is 3.77. The lowest BCUT2D eigenvalue weighted by atomic mass is 9.51. The predicted molar refractivity (Wildman–Crippen MR) is 39.9 cm³/mol. The summed E-state index contributed by atoms with van der Waals surface area (Å²) in [6.45, 7) is 1.48. The van der Waals surface area contributed by atoms with Gasteiger partial charge in [0.05, 0.1) is 0 Å². The van der Waals surface area contributed by atoms with Gasteiger partial charge in [-0.05, 0) is 30.6 Å². The van der Waals surface area contributed by atoms with Crippen molar-refractivity contribution in [2.45, 2.75) is 32.1 Å². The van der Waals surface area contributed by atoms with Gasteiger partial charge in [0, 0.05) is 0 Å². The van der Waals surface area contributed by atoms with E-state index in [-0.39, 0.29) is 12.8 Å². The van der Waals surface area contributed by atoms with Gasteiger partial charge in [-0.25, -0.2) is 0 Å². The maximum Gasteiger partial charge on any atom is 0.403 e. The molecule has 0 nitrogen and oxygen atoms in total. The molecule has 2 bridgehead atoms. The first-order valence-electron chi connectivity index (χ1n) is 4.77. The molecule has 0 heterocycles. The van der Waals surface area contributed by atoms with Crippen molar-refractivity contribution in [3.05, 3.63) is 0 Å². The van der Waals surface area contributed by atoms with E-state index in [1.165, 1.54) is 6.92 Å². The van der Waals surface area contributed by atoms with Crippen LogP contribution in [0.3, 0.4) is 0 Å². The van der Waals surface area contributed by atoms with Crippen LogP contribution >= 0.6 is 0 Å². The van der Waals surface area contributed by atoms with Gasteiger partial charge in [0.25, 0.3) is 0 Å². The Morgan fingerprint density at radius 3 is 1.33 bits per heavy atom. The molecule has 0 spiro atoms. The molecule has 0 amide bonds. The first kappa shape index (κ1) is 11.1. The lowest BCUT2D eigenvalue weighted by Crippen LogP contribution is -2.66. The zero-order valence-electron chi connectivity index (χ0n) is 7.91. The van der Waals surface area contributed by atoms with Crippen molar-refractivity contribution in [2.24, 2.45) is 23.2 Å². The second-order valence-electron chi connectivity index (χ2n) is 4.51. The van der Waals surface area contributed by atoms with Gasteiger partial charge in [-0.2, -0.15) is 26.3 Å². The summed E-state index contributed by atoms with van der Waals surface area (Å²) in [4.78, 5) is 0. The second-order valence-corrected chi connectivity index (χ2v) is 4.51. The summed E-state index contributed by atoms with van der Waals surface area (Å²) < 4.78 is 75.9. The van der Waals surface area contributed by atoms with Crippen molar-refractivity contribution in [1.82, 2.24) is 0 Å². The van der Waals surface area contributed by atoms with Crippen molar-refractivity contribution in [1.29, 1.82) is 0 Å². The quantitative estimate of drug-likeness (QED) is 0.557. The Kier molecular flexibility index (Phi) is 1.94. The molecule has 0 saturated heterocycles. The van der Waals surface area contributed by atoms with Crippen LogP contribution in [0.1, 0.15) is 19.8 Å². The van der Waals surface area contributed by atoms with Gasteiger partial charge in [-0.15, -0.1) is 0 Å². The maximum atomic E-state index is 12.6. The molecule has 0 aromatic rings. The molecule has 6 heteroatoms. The molecule has 0 aromatic heterocycles. The fourth-order valence-corrected chi connectivity index (χ4v) is 3.61. The van der Waals surface area contributed by atoms with Crippen LogP contribution in [0.5, 0.6) is 0 Å². The van der Waals surface area contributed by atoms with Gasteiger partial charge in [0.15, 0.2) is 5.41 Å². The number of rotatable bonds is 0. The van der Waals surface area contributed by atoms with Gasteiger partial charge < -0.3 is 0 Å². The third kappa shape index (κ3) is 1.00. The average Bonchev–Trinajstić information content (AvgIpc) is 2.53. The Labute approximate surface area is 82.6 Å². The van der Waals surface area contributed by atoms with E-state index in [2.05, 4.69) is 0 Å². The van der Waals surface area contributed by atoms with Gasteiger partial charge in [-0.3, -0.25) is 0 Å². The highest BCUT2D eigenvalue weighted by atomic mass is 19.4. The normalized spacial score (nSPS) is 39.0. The molecule has 88 valence electrons. The van der Waals surface area contributed by atoms with E-state index in [1.54, 1.807) is 0 Å². The zero-order valence-corrected chi connectivity index (χ0v) is 7.91. The van der Waals surface area contributed by atoms with Crippen LogP contribution < -0.4 is 0 Å². The molecule has 3 fully saturated rings. The molecule has 3 atom stereocenters.